The highest BCUT2D eigenvalue weighted by Crippen LogP contribution is 2.33. The van der Waals surface area contributed by atoms with Gasteiger partial charge in [-0.2, -0.15) is 0 Å². The minimum absolute atomic E-state index is 0.242. The number of hydrogen-bond donors (Lipinski definition) is 12. The highest BCUT2D eigenvalue weighted by molar-refractivity contribution is 5.76. The first-order chi connectivity index (χ1) is 52.8. The Bertz CT molecular complexity index is 2330. The fraction of sp³-hybridized carbons (Fsp3) is 0.809. The molecular formula is C89H157NO18. The average molecular weight is 1530 g/mol. The molecule has 0 aromatic heterocycles. The molecule has 0 aliphatic carbocycles. The summed E-state index contributed by atoms with van der Waals surface area (Å²) in [5.74, 6) is -0.242. The number of aliphatic hydroxyl groups excluding tert-OH is 11. The van der Waals surface area contributed by atoms with Crippen LogP contribution in [0.4, 0.5) is 0 Å². The van der Waals surface area contributed by atoms with Gasteiger partial charge in [0.15, 0.2) is 18.9 Å². The number of nitrogens with one attached hydrogen (secondary N) is 1. The molecule has 0 aromatic rings. The third kappa shape index (κ3) is 46.8. The first-order valence-electron chi connectivity index (χ1n) is 43.5. The Balaban J connectivity index is 1.32. The maximum absolute atomic E-state index is 13.5. The molecule has 0 radical (unpaired) electrons. The monoisotopic (exact) mass is 1530 g/mol. The number of unbranched alkanes of at least 4 members (excludes halogenated alkanes) is 37. The Hall–Kier alpha value is -3.29. The van der Waals surface area contributed by atoms with E-state index in [1.807, 2.05) is 0 Å². The topological polar surface area (TPSA) is 307 Å². The van der Waals surface area contributed by atoms with E-state index in [0.29, 0.717) is 12.8 Å². The Labute approximate surface area is 653 Å². The normalized spacial score (nSPS) is 25.9. The van der Waals surface area contributed by atoms with E-state index in [2.05, 4.69) is 116 Å². The standard InChI is InChI=1S/C89H157NO18/c1-3-5-7-9-11-13-15-17-19-21-23-25-27-29-30-31-32-33-34-35-36-37-38-39-40-41-42-43-45-47-49-51-53-55-57-59-61-63-65-67-77(95)90-72(73(94)66-64-62-60-58-56-54-52-50-48-46-44-28-26-24-22-20-18-16-14-12-10-8-6-4-2)71-103-87-83(101)80(98)85(75(69-92)105-87)108-89-84(102)81(99)86(76(70-93)106-89)107-88-82(100)79(97)78(96)74(68-91)104-88/h5,7,11,13,17,19,23,25,29-30,32-33,35-36,38-39,72-76,78-89,91-94,96-102H,3-4,6,8-10,12,14-16,18,20-22,24,26-28,31,34,37,40-71H2,1-2H3,(H,90,95)/b7-5-,13-11-,19-17-,25-23-,30-29-,33-32-,36-35-,39-38-. The minimum atomic E-state index is -1.98. The molecule has 19 nitrogen and oxygen atoms in total. The lowest BCUT2D eigenvalue weighted by Gasteiger charge is -2.48. The second kappa shape index (κ2) is 68.1. The van der Waals surface area contributed by atoms with Gasteiger partial charge in [0, 0.05) is 6.42 Å². The smallest absolute Gasteiger partial charge is 0.220 e. The lowest BCUT2D eigenvalue weighted by atomic mass is 9.96. The van der Waals surface area contributed by atoms with E-state index in [9.17, 15) is 61.0 Å². The summed E-state index contributed by atoms with van der Waals surface area (Å²) < 4.78 is 34.6. The Morgan fingerprint density at radius 1 is 0.343 bits per heavy atom. The number of amides is 1. The van der Waals surface area contributed by atoms with Gasteiger partial charge in [-0.3, -0.25) is 4.79 Å². The SMILES string of the molecule is CC/C=C\C/C=C\C/C=C\C/C=C\C/C=C\C/C=C\C/C=C\C/C=C\CCCCCCCCCCCCCCCCC(=O)NC(COC1OC(CO)C(OC2OC(CO)C(OC3OC(CO)C(O)C(O)C3O)C(O)C2O)C(O)C1O)C(O)CCCCCCCCCCCCCCCCCCCCCCCCCC. The van der Waals surface area contributed by atoms with E-state index in [1.165, 1.54) is 193 Å². The maximum Gasteiger partial charge on any atom is 0.220 e. The number of aliphatic hydroxyl groups is 11. The summed E-state index contributed by atoms with van der Waals surface area (Å²) in [6.07, 6.45) is 66.4. The maximum atomic E-state index is 13.5. The van der Waals surface area contributed by atoms with Crippen molar-refractivity contribution in [2.45, 2.75) is 433 Å². The van der Waals surface area contributed by atoms with Crippen LogP contribution < -0.4 is 5.32 Å². The van der Waals surface area contributed by atoms with Crippen molar-refractivity contribution in [2.24, 2.45) is 0 Å². The van der Waals surface area contributed by atoms with E-state index in [1.54, 1.807) is 0 Å². The number of allylic oxidation sites excluding steroid dienone is 16. The molecule has 3 saturated heterocycles. The third-order valence-corrected chi connectivity index (χ3v) is 21.2. The Morgan fingerprint density at radius 3 is 1.00 bits per heavy atom. The molecule has 3 fully saturated rings. The summed E-state index contributed by atoms with van der Waals surface area (Å²) in [5.41, 5.74) is 0. The molecule has 3 rings (SSSR count). The molecule has 0 spiro atoms. The predicted octanol–water partition coefficient (Wildman–Crippen LogP) is 15.9. The highest BCUT2D eigenvalue weighted by atomic mass is 16.8. The van der Waals surface area contributed by atoms with E-state index >= 15 is 0 Å². The predicted molar refractivity (Wildman–Crippen MR) is 434 cm³/mol. The van der Waals surface area contributed by atoms with Crippen molar-refractivity contribution < 1.29 is 89.4 Å². The Kier molecular flexibility index (Phi) is 62.4. The molecule has 0 saturated carbocycles. The fourth-order valence-electron chi connectivity index (χ4n) is 14.3. The lowest BCUT2D eigenvalue weighted by molar-refractivity contribution is -0.379. The van der Waals surface area contributed by atoms with Crippen LogP contribution in [0.25, 0.3) is 0 Å². The Morgan fingerprint density at radius 2 is 0.639 bits per heavy atom. The third-order valence-electron chi connectivity index (χ3n) is 21.2. The quantitative estimate of drug-likeness (QED) is 0.0199. The van der Waals surface area contributed by atoms with Crippen molar-refractivity contribution in [2.75, 3.05) is 26.4 Å². The van der Waals surface area contributed by atoms with Crippen molar-refractivity contribution in [1.29, 1.82) is 0 Å². The molecule has 19 heteroatoms. The summed E-state index contributed by atoms with van der Waals surface area (Å²) in [6.45, 7) is 1.72. The van der Waals surface area contributed by atoms with Crippen LogP contribution in [0.1, 0.15) is 328 Å². The van der Waals surface area contributed by atoms with Gasteiger partial charge in [0.2, 0.25) is 5.91 Å². The van der Waals surface area contributed by atoms with Crippen LogP contribution >= 0.6 is 0 Å². The van der Waals surface area contributed by atoms with Crippen molar-refractivity contribution in [3.05, 3.63) is 97.2 Å². The molecule has 12 N–H and O–H groups in total. The van der Waals surface area contributed by atoms with Crippen LogP contribution in [0.5, 0.6) is 0 Å². The van der Waals surface area contributed by atoms with E-state index in [4.69, 9.17) is 28.4 Å². The van der Waals surface area contributed by atoms with Gasteiger partial charge < -0.3 is 89.9 Å². The lowest BCUT2D eigenvalue weighted by Crippen LogP contribution is -2.66. The number of hydrogen-bond acceptors (Lipinski definition) is 18. The summed E-state index contributed by atoms with van der Waals surface area (Å²) in [4.78, 5) is 13.5. The fourth-order valence-corrected chi connectivity index (χ4v) is 14.3. The van der Waals surface area contributed by atoms with Gasteiger partial charge in [0.1, 0.15) is 73.2 Å². The molecule has 3 aliphatic rings. The molecule has 17 atom stereocenters. The molecule has 3 heterocycles. The molecule has 0 bridgehead atoms. The summed E-state index contributed by atoms with van der Waals surface area (Å²) in [5, 5.41) is 121. The van der Waals surface area contributed by atoms with Gasteiger partial charge in [-0.1, -0.05) is 342 Å². The zero-order valence-corrected chi connectivity index (χ0v) is 67.3. The van der Waals surface area contributed by atoms with Gasteiger partial charge >= 0.3 is 0 Å². The van der Waals surface area contributed by atoms with Crippen LogP contribution in [0, 0.1) is 0 Å². The van der Waals surface area contributed by atoms with Gasteiger partial charge in [-0.05, 0) is 77.0 Å². The van der Waals surface area contributed by atoms with Gasteiger partial charge in [-0.15, -0.1) is 0 Å². The molecular weight excluding hydrogens is 1370 g/mol. The van der Waals surface area contributed by atoms with Crippen LogP contribution in [0.3, 0.4) is 0 Å². The summed E-state index contributed by atoms with van der Waals surface area (Å²) >= 11 is 0. The molecule has 3 aliphatic heterocycles. The summed E-state index contributed by atoms with van der Waals surface area (Å²) in [6, 6.07) is -0.894. The largest absolute Gasteiger partial charge is 0.394 e. The van der Waals surface area contributed by atoms with Crippen molar-refractivity contribution in [3.8, 4) is 0 Å². The van der Waals surface area contributed by atoms with E-state index in [0.717, 1.165) is 103 Å². The molecule has 1 amide bonds. The van der Waals surface area contributed by atoms with Gasteiger partial charge in [0.25, 0.3) is 0 Å². The van der Waals surface area contributed by atoms with Crippen LogP contribution in [0.15, 0.2) is 97.2 Å². The van der Waals surface area contributed by atoms with Crippen LogP contribution in [-0.4, -0.2) is 193 Å². The first kappa shape index (κ1) is 98.9. The summed E-state index contributed by atoms with van der Waals surface area (Å²) in [7, 11) is 0. The van der Waals surface area contributed by atoms with Crippen molar-refractivity contribution in [1.82, 2.24) is 5.32 Å². The van der Waals surface area contributed by atoms with Crippen molar-refractivity contribution >= 4 is 5.91 Å². The molecule has 17 unspecified atom stereocenters. The number of ether oxygens (including phenoxy) is 6. The zero-order valence-electron chi connectivity index (χ0n) is 67.3. The molecule has 626 valence electrons. The zero-order chi connectivity index (χ0) is 78.1. The number of carbonyl (C=O) groups is 1. The van der Waals surface area contributed by atoms with Crippen molar-refractivity contribution in [3.63, 3.8) is 0 Å². The number of carbonyl (C=O) groups excluding carboxylic acids is 1. The van der Waals surface area contributed by atoms with Crippen LogP contribution in [0.2, 0.25) is 0 Å². The second-order valence-corrected chi connectivity index (χ2v) is 30.6. The second-order valence-electron chi connectivity index (χ2n) is 30.6. The molecule has 0 aromatic carbocycles. The first-order valence-corrected chi connectivity index (χ1v) is 43.5. The molecule has 108 heavy (non-hydrogen) atoms. The van der Waals surface area contributed by atoms with E-state index in [-0.39, 0.29) is 18.9 Å². The van der Waals surface area contributed by atoms with Crippen LogP contribution in [-0.2, 0) is 33.2 Å². The van der Waals surface area contributed by atoms with Gasteiger partial charge in [-0.25, -0.2) is 0 Å². The minimum Gasteiger partial charge on any atom is -0.394 e. The van der Waals surface area contributed by atoms with Gasteiger partial charge in [0.05, 0.1) is 38.6 Å². The van der Waals surface area contributed by atoms with E-state index < -0.39 is 124 Å². The average Bonchev–Trinajstić information content (AvgIpc) is 0.775. The highest BCUT2D eigenvalue weighted by Gasteiger charge is 2.54. The number of rotatable bonds is 69.